The summed E-state index contributed by atoms with van der Waals surface area (Å²) in [4.78, 5) is 15.7. The minimum atomic E-state index is -0.969. The van der Waals surface area contributed by atoms with Crippen molar-refractivity contribution < 1.29 is 14.6 Å². The second kappa shape index (κ2) is 6.98. The molecule has 4 rings (SSSR count). The van der Waals surface area contributed by atoms with Gasteiger partial charge in [0.2, 0.25) is 0 Å². The molecule has 0 atom stereocenters. The van der Waals surface area contributed by atoms with Crippen LogP contribution in [0.5, 0.6) is 5.75 Å². The molecule has 0 aliphatic heterocycles. The molecular formula is C21H15NO3S. The van der Waals surface area contributed by atoms with Crippen molar-refractivity contribution in [2.75, 3.05) is 0 Å². The number of hydrogen-bond acceptors (Lipinski definition) is 4. The van der Waals surface area contributed by atoms with Crippen molar-refractivity contribution in [3.63, 3.8) is 0 Å². The molecular weight excluding hydrogens is 346 g/mol. The maximum Gasteiger partial charge on any atom is 0.335 e. The SMILES string of the molecule is O=C(O)c1cccc(OCc2nc(-c3ccc4ccccc4c3)cs2)c1. The van der Waals surface area contributed by atoms with Gasteiger partial charge in [0.15, 0.2) is 0 Å². The summed E-state index contributed by atoms with van der Waals surface area (Å²) in [6, 6.07) is 21.0. The molecule has 0 aliphatic carbocycles. The zero-order valence-electron chi connectivity index (χ0n) is 13.8. The molecule has 0 fully saturated rings. The lowest BCUT2D eigenvalue weighted by molar-refractivity contribution is 0.0696. The predicted molar refractivity (Wildman–Crippen MR) is 103 cm³/mol. The molecule has 4 nitrogen and oxygen atoms in total. The number of thiazole rings is 1. The minimum Gasteiger partial charge on any atom is -0.486 e. The largest absolute Gasteiger partial charge is 0.486 e. The van der Waals surface area contributed by atoms with Crippen LogP contribution in [0.4, 0.5) is 0 Å². The molecule has 1 N–H and O–H groups in total. The third-order valence-corrected chi connectivity index (χ3v) is 4.86. The number of rotatable bonds is 5. The molecule has 0 radical (unpaired) electrons. The van der Waals surface area contributed by atoms with E-state index in [4.69, 9.17) is 9.84 Å². The molecule has 0 unspecified atom stereocenters. The maximum atomic E-state index is 11.0. The standard InChI is InChI=1S/C21H15NO3S/c23-21(24)17-6-3-7-18(11-17)25-12-20-22-19(13-26-20)16-9-8-14-4-1-2-5-15(14)10-16/h1-11,13H,12H2,(H,23,24). The topological polar surface area (TPSA) is 59.4 Å². The van der Waals surface area contributed by atoms with Crippen LogP contribution in [0.25, 0.3) is 22.0 Å². The van der Waals surface area contributed by atoms with E-state index in [0.717, 1.165) is 16.3 Å². The lowest BCUT2D eigenvalue weighted by Gasteiger charge is -2.04. The van der Waals surface area contributed by atoms with E-state index in [2.05, 4.69) is 35.3 Å². The molecule has 0 saturated carbocycles. The van der Waals surface area contributed by atoms with Gasteiger partial charge in [0.05, 0.1) is 11.3 Å². The van der Waals surface area contributed by atoms with Gasteiger partial charge in [0.1, 0.15) is 17.4 Å². The van der Waals surface area contributed by atoms with E-state index in [0.29, 0.717) is 12.4 Å². The van der Waals surface area contributed by atoms with E-state index < -0.39 is 5.97 Å². The van der Waals surface area contributed by atoms with Crippen LogP contribution in [0.1, 0.15) is 15.4 Å². The first kappa shape index (κ1) is 16.3. The maximum absolute atomic E-state index is 11.0. The number of hydrogen-bond donors (Lipinski definition) is 1. The summed E-state index contributed by atoms with van der Waals surface area (Å²) < 4.78 is 5.69. The fraction of sp³-hybridized carbons (Fsp3) is 0.0476. The Kier molecular flexibility index (Phi) is 4.37. The monoisotopic (exact) mass is 361 g/mol. The molecule has 0 amide bonds. The number of carbonyl (C=O) groups is 1. The van der Waals surface area contributed by atoms with Crippen LogP contribution in [0.15, 0.2) is 72.1 Å². The Bertz CT molecular complexity index is 1090. The van der Waals surface area contributed by atoms with Crippen LogP contribution < -0.4 is 4.74 Å². The number of carboxylic acids is 1. The molecule has 4 aromatic rings. The average Bonchev–Trinajstić information content (AvgIpc) is 3.15. The molecule has 0 spiro atoms. The highest BCUT2D eigenvalue weighted by atomic mass is 32.1. The van der Waals surface area contributed by atoms with Gasteiger partial charge >= 0.3 is 5.97 Å². The summed E-state index contributed by atoms with van der Waals surface area (Å²) in [5.41, 5.74) is 2.19. The van der Waals surface area contributed by atoms with Gasteiger partial charge in [-0.1, -0.05) is 42.5 Å². The molecule has 128 valence electrons. The number of aromatic carboxylic acids is 1. The summed E-state index contributed by atoms with van der Waals surface area (Å²) in [5, 5.41) is 14.3. The van der Waals surface area contributed by atoms with Crippen molar-refractivity contribution in [2.45, 2.75) is 6.61 Å². The fourth-order valence-electron chi connectivity index (χ4n) is 2.72. The molecule has 0 bridgehead atoms. The van der Waals surface area contributed by atoms with Crippen molar-refractivity contribution >= 4 is 28.1 Å². The third-order valence-electron chi connectivity index (χ3n) is 4.04. The zero-order chi connectivity index (χ0) is 17.9. The van der Waals surface area contributed by atoms with E-state index in [1.54, 1.807) is 12.1 Å². The van der Waals surface area contributed by atoms with E-state index in [1.165, 1.54) is 34.2 Å². The summed E-state index contributed by atoms with van der Waals surface area (Å²) in [7, 11) is 0. The van der Waals surface area contributed by atoms with Gasteiger partial charge in [-0.2, -0.15) is 0 Å². The van der Waals surface area contributed by atoms with Gasteiger partial charge in [-0.3, -0.25) is 0 Å². The lowest BCUT2D eigenvalue weighted by Crippen LogP contribution is -1.99. The van der Waals surface area contributed by atoms with E-state index in [9.17, 15) is 4.79 Å². The summed E-state index contributed by atoms with van der Waals surface area (Å²) in [6.45, 7) is 0.307. The Labute approximate surface area is 154 Å². The Morgan fingerprint density at radius 1 is 1.00 bits per heavy atom. The van der Waals surface area contributed by atoms with Crippen molar-refractivity contribution in [1.82, 2.24) is 4.98 Å². The number of aromatic nitrogens is 1. The smallest absolute Gasteiger partial charge is 0.335 e. The quantitative estimate of drug-likeness (QED) is 0.528. The number of ether oxygens (including phenoxy) is 1. The first-order valence-corrected chi connectivity index (χ1v) is 8.97. The lowest BCUT2D eigenvalue weighted by atomic mass is 10.1. The number of carboxylic acid groups (broad SMARTS) is 1. The highest BCUT2D eigenvalue weighted by Crippen LogP contribution is 2.26. The Morgan fingerprint density at radius 3 is 2.69 bits per heavy atom. The Morgan fingerprint density at radius 2 is 1.85 bits per heavy atom. The average molecular weight is 361 g/mol. The molecule has 0 saturated heterocycles. The molecule has 0 aliphatic rings. The molecule has 5 heteroatoms. The molecule has 26 heavy (non-hydrogen) atoms. The fourth-order valence-corrected chi connectivity index (χ4v) is 3.44. The molecule has 3 aromatic carbocycles. The normalized spacial score (nSPS) is 10.8. The van der Waals surface area contributed by atoms with Crippen LogP contribution in [0, 0.1) is 0 Å². The zero-order valence-corrected chi connectivity index (χ0v) is 14.6. The van der Waals surface area contributed by atoms with Crippen molar-refractivity contribution in [3.05, 3.63) is 82.7 Å². The number of nitrogens with zero attached hydrogens (tertiary/aromatic N) is 1. The van der Waals surface area contributed by atoms with E-state index in [-0.39, 0.29) is 5.56 Å². The van der Waals surface area contributed by atoms with Gasteiger partial charge in [-0.15, -0.1) is 11.3 Å². The highest BCUT2D eigenvalue weighted by molar-refractivity contribution is 7.09. The summed E-state index contributed by atoms with van der Waals surface area (Å²) in [6.07, 6.45) is 0. The van der Waals surface area contributed by atoms with Crippen LogP contribution in [-0.4, -0.2) is 16.1 Å². The molecule has 1 aromatic heterocycles. The van der Waals surface area contributed by atoms with E-state index in [1.807, 2.05) is 17.5 Å². The number of fused-ring (bicyclic) bond motifs is 1. The van der Waals surface area contributed by atoms with E-state index >= 15 is 0 Å². The summed E-state index contributed by atoms with van der Waals surface area (Å²) in [5.74, 6) is -0.448. The number of benzene rings is 3. The highest BCUT2D eigenvalue weighted by Gasteiger charge is 2.08. The Balaban J connectivity index is 1.50. The predicted octanol–water partition coefficient (Wildman–Crippen LogP) is 5.24. The van der Waals surface area contributed by atoms with Crippen LogP contribution in [-0.2, 0) is 6.61 Å². The first-order valence-electron chi connectivity index (χ1n) is 8.09. The van der Waals surface area contributed by atoms with Crippen LogP contribution in [0.2, 0.25) is 0 Å². The molecule has 1 heterocycles. The van der Waals surface area contributed by atoms with Gasteiger partial charge in [-0.05, 0) is 35.0 Å². The summed E-state index contributed by atoms with van der Waals surface area (Å²) >= 11 is 1.53. The minimum absolute atomic E-state index is 0.207. The second-order valence-corrected chi connectivity index (χ2v) is 6.75. The van der Waals surface area contributed by atoms with Crippen molar-refractivity contribution in [3.8, 4) is 17.0 Å². The second-order valence-electron chi connectivity index (χ2n) is 5.81. The van der Waals surface area contributed by atoms with Crippen LogP contribution in [0.3, 0.4) is 0 Å². The van der Waals surface area contributed by atoms with Crippen molar-refractivity contribution in [1.29, 1.82) is 0 Å². The first-order chi connectivity index (χ1) is 12.7. The van der Waals surface area contributed by atoms with Crippen LogP contribution >= 0.6 is 11.3 Å². The van der Waals surface area contributed by atoms with Gasteiger partial charge in [-0.25, -0.2) is 9.78 Å². The van der Waals surface area contributed by atoms with Gasteiger partial charge < -0.3 is 9.84 Å². The Hall–Kier alpha value is -3.18. The van der Waals surface area contributed by atoms with Gasteiger partial charge in [0.25, 0.3) is 0 Å². The third kappa shape index (κ3) is 3.43. The van der Waals surface area contributed by atoms with Crippen molar-refractivity contribution in [2.24, 2.45) is 0 Å². The van der Waals surface area contributed by atoms with Gasteiger partial charge in [0, 0.05) is 10.9 Å².